The highest BCUT2D eigenvalue weighted by Crippen LogP contribution is 2.24. The lowest BCUT2D eigenvalue weighted by molar-refractivity contribution is 0.0359. The number of morpholine rings is 1. The maximum absolute atomic E-state index is 5.41. The molecular formula is C18H29N3O. The lowest BCUT2D eigenvalue weighted by atomic mass is 9.98. The van der Waals surface area contributed by atoms with E-state index in [-0.39, 0.29) is 0 Å². The van der Waals surface area contributed by atoms with Crippen LogP contribution in [0, 0.1) is 0 Å². The van der Waals surface area contributed by atoms with Crippen molar-refractivity contribution in [3.8, 4) is 0 Å². The Hall–Kier alpha value is -1.10. The summed E-state index contributed by atoms with van der Waals surface area (Å²) in [6.07, 6.45) is 2.46. The molecule has 0 atom stereocenters. The van der Waals surface area contributed by atoms with Crippen molar-refractivity contribution in [2.45, 2.75) is 19.4 Å². The van der Waals surface area contributed by atoms with Crippen LogP contribution in [0.25, 0.3) is 0 Å². The molecule has 122 valence electrons. The van der Waals surface area contributed by atoms with Gasteiger partial charge in [0.15, 0.2) is 0 Å². The summed E-state index contributed by atoms with van der Waals surface area (Å²) in [7, 11) is 4.23. The van der Waals surface area contributed by atoms with Gasteiger partial charge in [-0.2, -0.15) is 0 Å². The van der Waals surface area contributed by atoms with Gasteiger partial charge in [-0.3, -0.25) is 9.80 Å². The van der Waals surface area contributed by atoms with Crippen LogP contribution in [0.3, 0.4) is 0 Å². The highest BCUT2D eigenvalue weighted by Gasteiger charge is 2.17. The molecule has 0 unspecified atom stereocenters. The average Bonchev–Trinajstić information content (AvgIpc) is 2.55. The molecular weight excluding hydrogens is 274 g/mol. The molecule has 1 aromatic carbocycles. The maximum atomic E-state index is 5.41. The first-order chi connectivity index (χ1) is 10.7. The summed E-state index contributed by atoms with van der Waals surface area (Å²) in [5.41, 5.74) is 4.37. The Bertz CT molecular complexity index is 483. The zero-order valence-corrected chi connectivity index (χ0v) is 14.1. The molecule has 3 rings (SSSR count). The molecule has 0 aromatic heterocycles. The highest BCUT2D eigenvalue weighted by atomic mass is 16.5. The van der Waals surface area contributed by atoms with Gasteiger partial charge in [-0.1, -0.05) is 6.07 Å². The lowest BCUT2D eigenvalue weighted by Crippen LogP contribution is -2.38. The van der Waals surface area contributed by atoms with Crippen molar-refractivity contribution in [1.82, 2.24) is 9.80 Å². The van der Waals surface area contributed by atoms with Gasteiger partial charge in [0.2, 0.25) is 0 Å². The molecule has 2 heterocycles. The van der Waals surface area contributed by atoms with Crippen LogP contribution < -0.4 is 4.90 Å². The first kappa shape index (κ1) is 15.8. The molecule has 0 amide bonds. The minimum atomic E-state index is 0.907. The zero-order chi connectivity index (χ0) is 15.4. The second-order valence-corrected chi connectivity index (χ2v) is 6.68. The summed E-state index contributed by atoms with van der Waals surface area (Å²) in [6, 6.07) is 6.92. The van der Waals surface area contributed by atoms with E-state index < -0.39 is 0 Å². The van der Waals surface area contributed by atoms with Crippen LogP contribution in [0.15, 0.2) is 18.2 Å². The van der Waals surface area contributed by atoms with Gasteiger partial charge in [-0.25, -0.2) is 0 Å². The first-order valence-electron chi connectivity index (χ1n) is 8.54. The predicted molar refractivity (Wildman–Crippen MR) is 91.6 cm³/mol. The third-order valence-corrected chi connectivity index (χ3v) is 4.85. The summed E-state index contributed by atoms with van der Waals surface area (Å²) in [5, 5.41) is 0. The SMILES string of the molecule is CN(C)c1ccc2c(c1)CN(CCCN1CCOCC1)CC2. The van der Waals surface area contributed by atoms with Gasteiger partial charge in [0.1, 0.15) is 0 Å². The minimum absolute atomic E-state index is 0.907. The first-order valence-corrected chi connectivity index (χ1v) is 8.54. The predicted octanol–water partition coefficient (Wildman–Crippen LogP) is 1.83. The van der Waals surface area contributed by atoms with Crippen LogP contribution in [0.4, 0.5) is 5.69 Å². The van der Waals surface area contributed by atoms with Gasteiger partial charge in [-0.05, 0) is 49.2 Å². The largest absolute Gasteiger partial charge is 0.379 e. The monoisotopic (exact) mass is 303 g/mol. The number of fused-ring (bicyclic) bond motifs is 1. The van der Waals surface area contributed by atoms with E-state index in [1.165, 1.54) is 49.3 Å². The van der Waals surface area contributed by atoms with Crippen molar-refractivity contribution in [3.05, 3.63) is 29.3 Å². The lowest BCUT2D eigenvalue weighted by Gasteiger charge is -2.31. The normalized spacial score (nSPS) is 19.9. The quantitative estimate of drug-likeness (QED) is 0.826. The van der Waals surface area contributed by atoms with Crippen molar-refractivity contribution in [3.63, 3.8) is 0 Å². The summed E-state index contributed by atoms with van der Waals surface area (Å²) >= 11 is 0. The smallest absolute Gasteiger partial charge is 0.0594 e. The Kier molecular flexibility index (Phi) is 5.34. The van der Waals surface area contributed by atoms with Crippen molar-refractivity contribution in [1.29, 1.82) is 0 Å². The Morgan fingerprint density at radius 2 is 1.77 bits per heavy atom. The van der Waals surface area contributed by atoms with E-state index in [9.17, 15) is 0 Å². The van der Waals surface area contributed by atoms with Crippen LogP contribution in [-0.4, -0.2) is 69.8 Å². The molecule has 0 N–H and O–H groups in total. The third-order valence-electron chi connectivity index (χ3n) is 4.85. The van der Waals surface area contributed by atoms with E-state index in [1.54, 1.807) is 0 Å². The molecule has 0 radical (unpaired) electrons. The summed E-state index contributed by atoms with van der Waals surface area (Å²) < 4.78 is 5.41. The average molecular weight is 303 g/mol. The molecule has 0 saturated carbocycles. The number of ether oxygens (including phenoxy) is 1. The molecule has 22 heavy (non-hydrogen) atoms. The Balaban J connectivity index is 1.49. The molecule has 4 nitrogen and oxygen atoms in total. The summed E-state index contributed by atoms with van der Waals surface area (Å²) in [5.74, 6) is 0. The Labute approximate surface area is 134 Å². The van der Waals surface area contributed by atoms with Gasteiger partial charge in [0, 0.05) is 46.0 Å². The van der Waals surface area contributed by atoms with Crippen LogP contribution in [0.1, 0.15) is 17.5 Å². The fourth-order valence-electron chi connectivity index (χ4n) is 3.41. The topological polar surface area (TPSA) is 19.0 Å². The number of hydrogen-bond donors (Lipinski definition) is 0. The standard InChI is InChI=1S/C18H29N3O/c1-19(2)18-5-4-16-6-9-21(15-17(16)14-18)8-3-7-20-10-12-22-13-11-20/h4-5,14H,3,6-13,15H2,1-2H3. The number of anilines is 1. The molecule has 2 aliphatic heterocycles. The molecule has 2 aliphatic rings. The number of benzene rings is 1. The molecule has 1 fully saturated rings. The van der Waals surface area contributed by atoms with Crippen molar-refractivity contribution < 1.29 is 4.74 Å². The van der Waals surface area contributed by atoms with Gasteiger partial charge in [0.25, 0.3) is 0 Å². The third kappa shape index (κ3) is 4.00. The van der Waals surface area contributed by atoms with E-state index >= 15 is 0 Å². The van der Waals surface area contributed by atoms with Crippen LogP contribution in [0.5, 0.6) is 0 Å². The van der Waals surface area contributed by atoms with E-state index in [4.69, 9.17) is 4.74 Å². The molecule has 0 aliphatic carbocycles. The zero-order valence-electron chi connectivity index (χ0n) is 14.1. The van der Waals surface area contributed by atoms with E-state index in [0.717, 1.165) is 32.8 Å². The van der Waals surface area contributed by atoms with E-state index in [0.29, 0.717) is 0 Å². The number of rotatable bonds is 5. The molecule has 0 bridgehead atoms. The molecule has 4 heteroatoms. The number of nitrogens with zero attached hydrogens (tertiary/aromatic N) is 3. The van der Waals surface area contributed by atoms with Gasteiger partial charge >= 0.3 is 0 Å². The molecule has 1 saturated heterocycles. The van der Waals surface area contributed by atoms with Gasteiger partial charge in [-0.15, -0.1) is 0 Å². The Morgan fingerprint density at radius 3 is 2.55 bits per heavy atom. The number of hydrogen-bond acceptors (Lipinski definition) is 4. The summed E-state index contributed by atoms with van der Waals surface area (Å²) in [4.78, 5) is 7.34. The van der Waals surface area contributed by atoms with Gasteiger partial charge in [0.05, 0.1) is 13.2 Å². The second kappa shape index (κ2) is 7.44. The van der Waals surface area contributed by atoms with Crippen molar-refractivity contribution in [2.24, 2.45) is 0 Å². The summed E-state index contributed by atoms with van der Waals surface area (Å²) in [6.45, 7) is 8.77. The molecule has 1 aromatic rings. The second-order valence-electron chi connectivity index (χ2n) is 6.68. The minimum Gasteiger partial charge on any atom is -0.379 e. The van der Waals surface area contributed by atoms with Crippen LogP contribution in [-0.2, 0) is 17.7 Å². The van der Waals surface area contributed by atoms with Crippen molar-refractivity contribution >= 4 is 5.69 Å². The van der Waals surface area contributed by atoms with Crippen LogP contribution >= 0.6 is 0 Å². The Morgan fingerprint density at radius 1 is 1.00 bits per heavy atom. The highest BCUT2D eigenvalue weighted by molar-refractivity contribution is 5.50. The van der Waals surface area contributed by atoms with E-state index in [2.05, 4.69) is 47.0 Å². The maximum Gasteiger partial charge on any atom is 0.0594 e. The van der Waals surface area contributed by atoms with Gasteiger partial charge < -0.3 is 9.64 Å². The fraction of sp³-hybridized carbons (Fsp3) is 0.667. The van der Waals surface area contributed by atoms with E-state index in [1.807, 2.05) is 0 Å². The van der Waals surface area contributed by atoms with Crippen molar-refractivity contribution in [2.75, 3.05) is 64.9 Å². The molecule has 0 spiro atoms. The fourth-order valence-corrected chi connectivity index (χ4v) is 3.41. The van der Waals surface area contributed by atoms with Crippen LogP contribution in [0.2, 0.25) is 0 Å².